The van der Waals surface area contributed by atoms with Crippen LogP contribution in [0.3, 0.4) is 0 Å². The number of halogens is 4. The first kappa shape index (κ1) is 20.3. The maximum absolute atomic E-state index is 14.1. The van der Waals surface area contributed by atoms with Crippen molar-refractivity contribution in [3.05, 3.63) is 34.6 Å². The predicted molar refractivity (Wildman–Crippen MR) is 94.1 cm³/mol. The molecular formula is C21H26F4O2. The molecule has 27 heavy (non-hydrogen) atoms. The van der Waals surface area contributed by atoms with Gasteiger partial charge in [-0.25, -0.2) is 4.39 Å². The van der Waals surface area contributed by atoms with E-state index in [1.54, 1.807) is 0 Å². The summed E-state index contributed by atoms with van der Waals surface area (Å²) in [5.74, 6) is -1.45. The Hall–Kier alpha value is -1.43. The summed E-state index contributed by atoms with van der Waals surface area (Å²) in [7, 11) is 0. The highest BCUT2D eigenvalue weighted by Gasteiger charge is 2.41. The highest BCUT2D eigenvalue weighted by atomic mass is 19.4. The van der Waals surface area contributed by atoms with Crippen LogP contribution >= 0.6 is 0 Å². The van der Waals surface area contributed by atoms with Gasteiger partial charge in [0.05, 0.1) is 12.7 Å². The van der Waals surface area contributed by atoms with Gasteiger partial charge in [-0.1, -0.05) is 12.1 Å². The number of benzene rings is 1. The lowest BCUT2D eigenvalue weighted by atomic mass is 9.72. The lowest BCUT2D eigenvalue weighted by Crippen LogP contribution is -2.33. The minimum Gasteiger partial charge on any atom is -0.378 e. The maximum Gasteiger partial charge on any atom is 0.419 e. The number of carbonyl (C=O) groups is 1. The fourth-order valence-corrected chi connectivity index (χ4v) is 4.51. The van der Waals surface area contributed by atoms with Crippen LogP contribution in [0.25, 0.3) is 0 Å². The maximum atomic E-state index is 14.1. The summed E-state index contributed by atoms with van der Waals surface area (Å²) >= 11 is 0. The first-order valence-electron chi connectivity index (χ1n) is 9.70. The second-order valence-corrected chi connectivity index (χ2v) is 8.07. The van der Waals surface area contributed by atoms with E-state index in [1.165, 1.54) is 13.0 Å². The van der Waals surface area contributed by atoms with Crippen molar-refractivity contribution >= 4 is 5.78 Å². The molecule has 1 aromatic rings. The molecule has 0 radical (unpaired) electrons. The van der Waals surface area contributed by atoms with Gasteiger partial charge in [-0.2, -0.15) is 13.2 Å². The SMILES string of the molecule is Cc1ccc(C(=O)C2CCC([C@@H]3CCC(C)OC3)CC2)c(C(F)(F)F)c1F. The van der Waals surface area contributed by atoms with Gasteiger partial charge in [0.25, 0.3) is 0 Å². The molecule has 1 aliphatic heterocycles. The van der Waals surface area contributed by atoms with E-state index in [0.29, 0.717) is 24.7 Å². The summed E-state index contributed by atoms with van der Waals surface area (Å²) in [6.07, 6.45) is 0.283. The Kier molecular flexibility index (Phi) is 5.94. The van der Waals surface area contributed by atoms with E-state index in [2.05, 4.69) is 6.92 Å². The topological polar surface area (TPSA) is 26.3 Å². The highest BCUT2D eigenvalue weighted by molar-refractivity contribution is 5.99. The molecule has 1 aliphatic carbocycles. The Morgan fingerprint density at radius 3 is 2.22 bits per heavy atom. The number of carbonyl (C=O) groups excluding carboxylic acids is 1. The van der Waals surface area contributed by atoms with Crippen molar-refractivity contribution in [1.29, 1.82) is 0 Å². The molecule has 0 aromatic heterocycles. The molecule has 1 unspecified atom stereocenters. The van der Waals surface area contributed by atoms with Crippen LogP contribution in [0.4, 0.5) is 17.6 Å². The van der Waals surface area contributed by atoms with Crippen molar-refractivity contribution in [2.75, 3.05) is 6.61 Å². The van der Waals surface area contributed by atoms with Crippen LogP contribution in [0, 0.1) is 30.5 Å². The van der Waals surface area contributed by atoms with Gasteiger partial charge in [0, 0.05) is 11.5 Å². The van der Waals surface area contributed by atoms with Gasteiger partial charge in [0.2, 0.25) is 0 Å². The molecular weight excluding hydrogens is 360 g/mol. The van der Waals surface area contributed by atoms with Crippen LogP contribution in [0.2, 0.25) is 0 Å². The van der Waals surface area contributed by atoms with E-state index in [-0.39, 0.29) is 11.7 Å². The van der Waals surface area contributed by atoms with Gasteiger partial charge >= 0.3 is 6.18 Å². The number of rotatable bonds is 3. The second kappa shape index (κ2) is 7.90. The number of ketones is 1. The normalized spacial score (nSPS) is 29.6. The summed E-state index contributed by atoms with van der Waals surface area (Å²) < 4.78 is 59.9. The molecule has 2 atom stereocenters. The van der Waals surface area contributed by atoms with Gasteiger partial charge in [-0.3, -0.25) is 4.79 Å². The Morgan fingerprint density at radius 1 is 1.04 bits per heavy atom. The van der Waals surface area contributed by atoms with E-state index in [9.17, 15) is 22.4 Å². The molecule has 2 aliphatic rings. The summed E-state index contributed by atoms with van der Waals surface area (Å²) in [6.45, 7) is 4.06. The Bertz CT molecular complexity index is 682. The average molecular weight is 386 g/mol. The van der Waals surface area contributed by atoms with Crippen molar-refractivity contribution in [2.24, 2.45) is 17.8 Å². The fourth-order valence-electron chi connectivity index (χ4n) is 4.51. The number of hydrogen-bond acceptors (Lipinski definition) is 2. The van der Waals surface area contributed by atoms with E-state index >= 15 is 0 Å². The quantitative estimate of drug-likeness (QED) is 0.473. The zero-order valence-electron chi connectivity index (χ0n) is 15.7. The van der Waals surface area contributed by atoms with Gasteiger partial charge < -0.3 is 4.74 Å². The standard InChI is InChI=1S/C21H26F4O2/c1-12-3-10-17(18(19(12)22)21(23,24)25)20(26)15-8-6-14(7-9-15)16-5-4-13(2)27-11-16/h3,10,13-16H,4-9,11H2,1-2H3/t13?,14?,15?,16-/m1/s1. The van der Waals surface area contributed by atoms with Gasteiger partial charge in [0.15, 0.2) is 5.78 Å². The summed E-state index contributed by atoms with van der Waals surface area (Å²) in [4.78, 5) is 12.8. The monoisotopic (exact) mass is 386 g/mol. The Balaban J connectivity index is 1.71. The zero-order chi connectivity index (χ0) is 19.8. The van der Waals surface area contributed by atoms with Crippen LogP contribution in [0.1, 0.15) is 66.9 Å². The lowest BCUT2D eigenvalue weighted by molar-refractivity contribution is -0.140. The number of aryl methyl sites for hydroxylation is 1. The van der Waals surface area contributed by atoms with E-state index < -0.39 is 34.8 Å². The van der Waals surface area contributed by atoms with Crippen LogP contribution in [-0.2, 0) is 10.9 Å². The van der Waals surface area contributed by atoms with E-state index in [0.717, 1.165) is 38.4 Å². The molecule has 150 valence electrons. The largest absolute Gasteiger partial charge is 0.419 e. The number of alkyl halides is 3. The molecule has 1 saturated carbocycles. The van der Waals surface area contributed by atoms with E-state index in [4.69, 9.17) is 4.74 Å². The minimum absolute atomic E-state index is 0.103. The minimum atomic E-state index is -4.88. The molecule has 2 fully saturated rings. The molecule has 0 spiro atoms. The van der Waals surface area contributed by atoms with Crippen LogP contribution < -0.4 is 0 Å². The van der Waals surface area contributed by atoms with Gasteiger partial charge in [-0.05, 0) is 69.8 Å². The van der Waals surface area contributed by atoms with Gasteiger partial charge in [-0.15, -0.1) is 0 Å². The highest BCUT2D eigenvalue weighted by Crippen LogP contribution is 2.41. The molecule has 0 amide bonds. The van der Waals surface area contributed by atoms with Crippen molar-refractivity contribution in [3.63, 3.8) is 0 Å². The summed E-state index contributed by atoms with van der Waals surface area (Å²) in [5.41, 5.74) is -2.04. The lowest BCUT2D eigenvalue weighted by Gasteiger charge is -2.37. The average Bonchev–Trinajstić information content (AvgIpc) is 2.63. The third-order valence-corrected chi connectivity index (χ3v) is 6.23. The molecule has 1 heterocycles. The molecule has 3 rings (SSSR count). The van der Waals surface area contributed by atoms with E-state index in [1.807, 2.05) is 0 Å². The van der Waals surface area contributed by atoms with Crippen LogP contribution in [0.5, 0.6) is 0 Å². The fraction of sp³-hybridized carbons (Fsp3) is 0.667. The van der Waals surface area contributed by atoms with Gasteiger partial charge in [0.1, 0.15) is 11.4 Å². The van der Waals surface area contributed by atoms with Crippen molar-refractivity contribution < 1.29 is 27.1 Å². The number of ether oxygens (including phenoxy) is 1. The summed E-state index contributed by atoms with van der Waals surface area (Å²) in [6, 6.07) is 2.38. The third-order valence-electron chi connectivity index (χ3n) is 6.23. The second-order valence-electron chi connectivity index (χ2n) is 8.07. The molecule has 6 heteroatoms. The number of Topliss-reactive ketones (excluding diaryl/α,β-unsaturated/α-hetero) is 1. The zero-order valence-corrected chi connectivity index (χ0v) is 15.7. The van der Waals surface area contributed by atoms with Crippen LogP contribution in [0.15, 0.2) is 12.1 Å². The molecule has 2 nitrogen and oxygen atoms in total. The molecule has 1 saturated heterocycles. The predicted octanol–water partition coefficient (Wildman–Crippen LogP) is 5.96. The number of hydrogen-bond donors (Lipinski definition) is 0. The van der Waals surface area contributed by atoms with Crippen molar-refractivity contribution in [3.8, 4) is 0 Å². The van der Waals surface area contributed by atoms with Crippen molar-refractivity contribution in [1.82, 2.24) is 0 Å². The summed E-state index contributed by atoms with van der Waals surface area (Å²) in [5, 5.41) is 0. The molecule has 0 N–H and O–H groups in total. The third kappa shape index (κ3) is 4.36. The first-order valence-corrected chi connectivity index (χ1v) is 9.70. The molecule has 0 bridgehead atoms. The first-order chi connectivity index (χ1) is 12.7. The molecule has 1 aromatic carbocycles. The smallest absolute Gasteiger partial charge is 0.378 e. The Morgan fingerprint density at radius 2 is 1.67 bits per heavy atom. The van der Waals surface area contributed by atoms with Crippen LogP contribution in [-0.4, -0.2) is 18.5 Å². The Labute approximate surface area is 157 Å². The van der Waals surface area contributed by atoms with Crippen molar-refractivity contribution in [2.45, 2.75) is 64.7 Å².